The fourth-order valence-corrected chi connectivity index (χ4v) is 2.33. The van der Waals surface area contributed by atoms with Gasteiger partial charge in [-0.2, -0.15) is 0 Å². The summed E-state index contributed by atoms with van der Waals surface area (Å²) >= 11 is 0. The van der Waals surface area contributed by atoms with Crippen molar-refractivity contribution in [2.45, 2.75) is 31.6 Å². The van der Waals surface area contributed by atoms with Gasteiger partial charge in [0.15, 0.2) is 6.10 Å². The van der Waals surface area contributed by atoms with Crippen LogP contribution < -0.4 is 0 Å². The molecule has 0 bridgehead atoms. The zero-order chi connectivity index (χ0) is 13.0. The van der Waals surface area contributed by atoms with E-state index in [-0.39, 0.29) is 6.10 Å². The third-order valence-corrected chi connectivity index (χ3v) is 3.19. The zero-order valence-electron chi connectivity index (χ0n) is 10.6. The summed E-state index contributed by atoms with van der Waals surface area (Å²) in [6, 6.07) is 10.2. The van der Waals surface area contributed by atoms with Crippen molar-refractivity contribution in [3.63, 3.8) is 0 Å². The standard InChI is InChI=1S/C14H19NO3/c1-15(9-11-5-3-2-4-6-11)10-12-7-8-13(18-12)14(16)17/h2-6,12-13H,7-10H2,1H3,(H,16,17). The normalized spacial score (nSPS) is 23.4. The Hall–Kier alpha value is -1.39. The van der Waals surface area contributed by atoms with Gasteiger partial charge in [0.1, 0.15) is 0 Å². The number of rotatable bonds is 5. The van der Waals surface area contributed by atoms with Crippen LogP contribution in [0.15, 0.2) is 30.3 Å². The quantitative estimate of drug-likeness (QED) is 0.863. The Morgan fingerprint density at radius 1 is 1.39 bits per heavy atom. The molecular weight excluding hydrogens is 230 g/mol. The van der Waals surface area contributed by atoms with Gasteiger partial charge in [0.25, 0.3) is 0 Å². The van der Waals surface area contributed by atoms with Gasteiger partial charge in [-0.1, -0.05) is 30.3 Å². The second-order valence-corrected chi connectivity index (χ2v) is 4.84. The third kappa shape index (κ3) is 3.55. The van der Waals surface area contributed by atoms with Crippen LogP contribution in [0.2, 0.25) is 0 Å². The van der Waals surface area contributed by atoms with E-state index in [2.05, 4.69) is 17.0 Å². The molecule has 4 heteroatoms. The number of nitrogens with zero attached hydrogens (tertiary/aromatic N) is 1. The van der Waals surface area contributed by atoms with Gasteiger partial charge in [0, 0.05) is 13.1 Å². The second kappa shape index (κ2) is 5.98. The molecule has 0 spiro atoms. The van der Waals surface area contributed by atoms with Crippen LogP contribution >= 0.6 is 0 Å². The zero-order valence-corrected chi connectivity index (χ0v) is 10.6. The molecular formula is C14H19NO3. The molecule has 0 aliphatic carbocycles. The molecule has 1 heterocycles. The highest BCUT2D eigenvalue weighted by molar-refractivity contribution is 5.72. The second-order valence-electron chi connectivity index (χ2n) is 4.84. The van der Waals surface area contributed by atoms with E-state index in [4.69, 9.17) is 9.84 Å². The van der Waals surface area contributed by atoms with Crippen molar-refractivity contribution >= 4 is 5.97 Å². The largest absolute Gasteiger partial charge is 0.479 e. The van der Waals surface area contributed by atoms with Crippen LogP contribution in [0.25, 0.3) is 0 Å². The molecule has 2 atom stereocenters. The highest BCUT2D eigenvalue weighted by Gasteiger charge is 2.30. The van der Waals surface area contributed by atoms with Gasteiger partial charge < -0.3 is 9.84 Å². The van der Waals surface area contributed by atoms with Crippen LogP contribution in [0, 0.1) is 0 Å². The van der Waals surface area contributed by atoms with Crippen molar-refractivity contribution in [3.05, 3.63) is 35.9 Å². The molecule has 1 aromatic carbocycles. The van der Waals surface area contributed by atoms with Crippen molar-refractivity contribution in [3.8, 4) is 0 Å². The molecule has 1 aliphatic rings. The minimum Gasteiger partial charge on any atom is -0.479 e. The number of benzene rings is 1. The van der Waals surface area contributed by atoms with E-state index in [9.17, 15) is 4.79 Å². The van der Waals surface area contributed by atoms with Crippen LogP contribution in [-0.4, -0.2) is 41.8 Å². The summed E-state index contributed by atoms with van der Waals surface area (Å²) < 4.78 is 5.49. The molecule has 4 nitrogen and oxygen atoms in total. The summed E-state index contributed by atoms with van der Waals surface area (Å²) in [4.78, 5) is 13.0. The summed E-state index contributed by atoms with van der Waals surface area (Å²) in [5.41, 5.74) is 1.26. The van der Waals surface area contributed by atoms with E-state index in [1.54, 1.807) is 0 Å². The predicted octanol–water partition coefficient (Wildman–Crippen LogP) is 1.75. The van der Waals surface area contributed by atoms with Gasteiger partial charge in [-0.3, -0.25) is 4.90 Å². The molecule has 1 fully saturated rings. The minimum atomic E-state index is -0.844. The summed E-state index contributed by atoms with van der Waals surface area (Å²) in [5.74, 6) is -0.844. The highest BCUT2D eigenvalue weighted by atomic mass is 16.5. The SMILES string of the molecule is CN(Cc1ccccc1)CC1CCC(C(=O)O)O1. The average Bonchev–Trinajstić information content (AvgIpc) is 2.78. The van der Waals surface area contributed by atoms with Gasteiger partial charge >= 0.3 is 5.97 Å². The van der Waals surface area contributed by atoms with E-state index in [1.807, 2.05) is 25.2 Å². The smallest absolute Gasteiger partial charge is 0.332 e. The lowest BCUT2D eigenvalue weighted by Crippen LogP contribution is -2.30. The molecule has 2 unspecified atom stereocenters. The number of carboxylic acids is 1. The maximum Gasteiger partial charge on any atom is 0.332 e. The van der Waals surface area contributed by atoms with Crippen LogP contribution in [0.5, 0.6) is 0 Å². The summed E-state index contributed by atoms with van der Waals surface area (Å²) in [6.07, 6.45) is 0.884. The van der Waals surface area contributed by atoms with Gasteiger partial charge in [0.05, 0.1) is 6.10 Å². The van der Waals surface area contributed by atoms with Crippen molar-refractivity contribution in [2.75, 3.05) is 13.6 Å². The van der Waals surface area contributed by atoms with E-state index in [1.165, 1.54) is 5.56 Å². The van der Waals surface area contributed by atoms with E-state index in [0.717, 1.165) is 19.5 Å². The van der Waals surface area contributed by atoms with Crippen LogP contribution in [0.3, 0.4) is 0 Å². The minimum absolute atomic E-state index is 0.0415. The predicted molar refractivity (Wildman–Crippen MR) is 68.3 cm³/mol. The monoisotopic (exact) mass is 249 g/mol. The third-order valence-electron chi connectivity index (χ3n) is 3.19. The summed E-state index contributed by atoms with van der Waals surface area (Å²) in [5, 5.41) is 8.86. The molecule has 0 saturated carbocycles. The Morgan fingerprint density at radius 3 is 2.72 bits per heavy atom. The van der Waals surface area contributed by atoms with Gasteiger partial charge in [-0.05, 0) is 25.5 Å². The Morgan fingerprint density at radius 2 is 2.11 bits per heavy atom. The van der Waals surface area contributed by atoms with Crippen LogP contribution in [-0.2, 0) is 16.1 Å². The Kier molecular flexibility index (Phi) is 4.33. The molecule has 18 heavy (non-hydrogen) atoms. The molecule has 1 aromatic rings. The Bertz CT molecular complexity index is 393. The van der Waals surface area contributed by atoms with E-state index >= 15 is 0 Å². The topological polar surface area (TPSA) is 49.8 Å². The van der Waals surface area contributed by atoms with Crippen molar-refractivity contribution in [1.29, 1.82) is 0 Å². The van der Waals surface area contributed by atoms with Gasteiger partial charge in [-0.25, -0.2) is 4.79 Å². The van der Waals surface area contributed by atoms with Crippen LogP contribution in [0.1, 0.15) is 18.4 Å². The summed E-state index contributed by atoms with van der Waals surface area (Å²) in [6.45, 7) is 1.64. The maximum atomic E-state index is 10.8. The molecule has 1 N–H and O–H groups in total. The molecule has 1 aliphatic heterocycles. The first kappa shape index (κ1) is 13.1. The Labute approximate surface area is 107 Å². The fraction of sp³-hybridized carbons (Fsp3) is 0.500. The van der Waals surface area contributed by atoms with Gasteiger partial charge in [-0.15, -0.1) is 0 Å². The van der Waals surface area contributed by atoms with Gasteiger partial charge in [0.2, 0.25) is 0 Å². The molecule has 98 valence electrons. The first-order valence-corrected chi connectivity index (χ1v) is 6.26. The molecule has 1 saturated heterocycles. The Balaban J connectivity index is 1.78. The number of hydrogen-bond acceptors (Lipinski definition) is 3. The first-order valence-electron chi connectivity index (χ1n) is 6.26. The lowest BCUT2D eigenvalue weighted by molar-refractivity contribution is -0.149. The maximum absolute atomic E-state index is 10.8. The average molecular weight is 249 g/mol. The number of carboxylic acid groups (broad SMARTS) is 1. The molecule has 0 aromatic heterocycles. The van der Waals surface area contributed by atoms with Crippen LogP contribution in [0.4, 0.5) is 0 Å². The number of hydrogen-bond donors (Lipinski definition) is 1. The first-order chi connectivity index (χ1) is 8.65. The molecule has 0 amide bonds. The number of aliphatic carboxylic acids is 1. The lowest BCUT2D eigenvalue weighted by atomic mass is 10.1. The summed E-state index contributed by atoms with van der Waals surface area (Å²) in [7, 11) is 2.03. The van der Waals surface area contributed by atoms with Crippen molar-refractivity contribution in [1.82, 2.24) is 4.90 Å². The van der Waals surface area contributed by atoms with Crippen molar-refractivity contribution in [2.24, 2.45) is 0 Å². The number of likely N-dealkylation sites (N-methyl/N-ethyl adjacent to an activating group) is 1. The van der Waals surface area contributed by atoms with Crippen molar-refractivity contribution < 1.29 is 14.6 Å². The highest BCUT2D eigenvalue weighted by Crippen LogP contribution is 2.20. The number of carbonyl (C=O) groups is 1. The van der Waals surface area contributed by atoms with E-state index in [0.29, 0.717) is 6.42 Å². The molecule has 2 rings (SSSR count). The van der Waals surface area contributed by atoms with E-state index < -0.39 is 12.1 Å². The lowest BCUT2D eigenvalue weighted by Gasteiger charge is -2.20. The number of ether oxygens (including phenoxy) is 1. The molecule has 0 radical (unpaired) electrons. The fourth-order valence-electron chi connectivity index (χ4n) is 2.33.